The highest BCUT2D eigenvalue weighted by Gasteiger charge is 2.17. The van der Waals surface area contributed by atoms with Crippen LogP contribution in [0.5, 0.6) is 0 Å². The molecular formula is C10H13ClFNO. The minimum Gasteiger partial charge on any atom is -0.387 e. The number of aliphatic hydroxyl groups is 1. The van der Waals surface area contributed by atoms with Crippen molar-refractivity contribution in [3.8, 4) is 0 Å². The van der Waals surface area contributed by atoms with Crippen LogP contribution >= 0.6 is 11.6 Å². The first-order valence-electron chi connectivity index (χ1n) is 4.33. The summed E-state index contributed by atoms with van der Waals surface area (Å²) in [5.41, 5.74) is 6.65. The lowest BCUT2D eigenvalue weighted by Gasteiger charge is -2.17. The smallest absolute Gasteiger partial charge is 0.142 e. The van der Waals surface area contributed by atoms with E-state index in [1.807, 2.05) is 0 Å². The van der Waals surface area contributed by atoms with Crippen molar-refractivity contribution in [1.29, 1.82) is 0 Å². The van der Waals surface area contributed by atoms with Gasteiger partial charge in [-0.3, -0.25) is 0 Å². The van der Waals surface area contributed by atoms with Crippen molar-refractivity contribution < 1.29 is 9.50 Å². The highest BCUT2D eigenvalue weighted by Crippen LogP contribution is 2.27. The van der Waals surface area contributed by atoms with Crippen molar-refractivity contribution in [2.75, 3.05) is 0 Å². The van der Waals surface area contributed by atoms with Crippen molar-refractivity contribution >= 4 is 11.6 Å². The van der Waals surface area contributed by atoms with Crippen LogP contribution < -0.4 is 5.73 Å². The predicted molar refractivity (Wildman–Crippen MR) is 54.8 cm³/mol. The molecule has 0 saturated heterocycles. The summed E-state index contributed by atoms with van der Waals surface area (Å²) >= 11 is 5.70. The lowest BCUT2D eigenvalue weighted by Crippen LogP contribution is -2.25. The molecule has 2 nitrogen and oxygen atoms in total. The van der Waals surface area contributed by atoms with Gasteiger partial charge in [-0.1, -0.05) is 17.7 Å². The number of hydrogen-bond acceptors (Lipinski definition) is 2. The Morgan fingerprint density at radius 2 is 2.07 bits per heavy atom. The summed E-state index contributed by atoms with van der Waals surface area (Å²) in [6, 6.07) is 2.33. The zero-order chi connectivity index (χ0) is 10.9. The van der Waals surface area contributed by atoms with E-state index in [1.54, 1.807) is 13.8 Å². The number of benzene rings is 1. The molecule has 0 aromatic heterocycles. The van der Waals surface area contributed by atoms with Gasteiger partial charge >= 0.3 is 0 Å². The largest absolute Gasteiger partial charge is 0.387 e. The zero-order valence-corrected chi connectivity index (χ0v) is 8.85. The molecule has 0 amide bonds. The molecule has 3 N–H and O–H groups in total. The Kier molecular flexibility index (Phi) is 3.48. The Morgan fingerprint density at radius 1 is 1.50 bits per heavy atom. The fourth-order valence-corrected chi connectivity index (χ4v) is 1.44. The standard InChI is InChI=1S/C10H13ClFNO/c1-5-7(10(14)6(2)13)3-4-8(12)9(5)11/h3-4,6,10,14H,13H2,1-2H3. The van der Waals surface area contributed by atoms with Gasteiger partial charge in [-0.05, 0) is 31.0 Å². The minimum atomic E-state index is -0.812. The molecule has 78 valence electrons. The van der Waals surface area contributed by atoms with Crippen LogP contribution in [0.25, 0.3) is 0 Å². The van der Waals surface area contributed by atoms with E-state index in [4.69, 9.17) is 17.3 Å². The van der Waals surface area contributed by atoms with Gasteiger partial charge in [0.2, 0.25) is 0 Å². The van der Waals surface area contributed by atoms with Gasteiger partial charge in [0.05, 0.1) is 11.1 Å². The second-order valence-corrected chi connectivity index (χ2v) is 3.76. The number of rotatable bonds is 2. The van der Waals surface area contributed by atoms with Crippen molar-refractivity contribution in [3.63, 3.8) is 0 Å². The maximum atomic E-state index is 13.0. The molecule has 14 heavy (non-hydrogen) atoms. The highest BCUT2D eigenvalue weighted by molar-refractivity contribution is 6.31. The maximum Gasteiger partial charge on any atom is 0.142 e. The van der Waals surface area contributed by atoms with E-state index in [2.05, 4.69) is 0 Å². The van der Waals surface area contributed by atoms with Crippen LogP contribution in [0.2, 0.25) is 5.02 Å². The van der Waals surface area contributed by atoms with Gasteiger partial charge < -0.3 is 10.8 Å². The number of hydrogen-bond donors (Lipinski definition) is 2. The molecular weight excluding hydrogens is 205 g/mol. The summed E-state index contributed by atoms with van der Waals surface area (Å²) in [6.45, 7) is 3.34. The average molecular weight is 218 g/mol. The monoisotopic (exact) mass is 217 g/mol. The Bertz CT molecular complexity index is 341. The quantitative estimate of drug-likeness (QED) is 0.798. The lowest BCUT2D eigenvalue weighted by molar-refractivity contribution is 0.152. The zero-order valence-electron chi connectivity index (χ0n) is 8.09. The van der Waals surface area contributed by atoms with E-state index < -0.39 is 18.0 Å². The topological polar surface area (TPSA) is 46.2 Å². The third-order valence-corrected chi connectivity index (χ3v) is 2.66. The third kappa shape index (κ3) is 2.05. The van der Waals surface area contributed by atoms with Crippen molar-refractivity contribution in [2.45, 2.75) is 26.0 Å². The molecule has 0 saturated carbocycles. The fourth-order valence-electron chi connectivity index (χ4n) is 1.27. The van der Waals surface area contributed by atoms with Crippen LogP contribution in [0.4, 0.5) is 4.39 Å². The van der Waals surface area contributed by atoms with Crippen LogP contribution in [-0.4, -0.2) is 11.1 Å². The normalized spacial score (nSPS) is 15.3. The summed E-state index contributed by atoms with van der Waals surface area (Å²) in [6.07, 6.45) is -0.812. The second-order valence-electron chi connectivity index (χ2n) is 3.38. The fraction of sp³-hybridized carbons (Fsp3) is 0.400. The van der Waals surface area contributed by atoms with Gasteiger partial charge in [0.1, 0.15) is 5.82 Å². The molecule has 2 unspecified atom stereocenters. The molecule has 0 aliphatic heterocycles. The van der Waals surface area contributed by atoms with E-state index in [1.165, 1.54) is 12.1 Å². The summed E-state index contributed by atoms with van der Waals surface area (Å²) < 4.78 is 13.0. The third-order valence-electron chi connectivity index (χ3n) is 2.20. The maximum absolute atomic E-state index is 13.0. The molecule has 1 aromatic rings. The van der Waals surface area contributed by atoms with Crippen LogP contribution in [0.15, 0.2) is 12.1 Å². The molecule has 0 aliphatic carbocycles. The van der Waals surface area contributed by atoms with Crippen LogP contribution in [0, 0.1) is 12.7 Å². The van der Waals surface area contributed by atoms with Gasteiger partial charge in [-0.2, -0.15) is 0 Å². The number of aliphatic hydroxyl groups excluding tert-OH is 1. The van der Waals surface area contributed by atoms with E-state index in [0.29, 0.717) is 11.1 Å². The molecule has 1 aromatic carbocycles. The molecule has 0 bridgehead atoms. The Balaban J connectivity index is 3.17. The molecule has 0 spiro atoms. The molecule has 0 fully saturated rings. The van der Waals surface area contributed by atoms with Crippen LogP contribution in [0.1, 0.15) is 24.2 Å². The SMILES string of the molecule is Cc1c(C(O)C(C)N)ccc(F)c1Cl. The van der Waals surface area contributed by atoms with Crippen molar-refractivity contribution in [3.05, 3.63) is 34.1 Å². The predicted octanol–water partition coefficient (Wildman–Crippen LogP) is 2.17. The second kappa shape index (κ2) is 4.26. The molecule has 2 atom stereocenters. The first-order chi connectivity index (χ1) is 6.45. The van der Waals surface area contributed by atoms with E-state index in [0.717, 1.165) is 0 Å². The molecule has 4 heteroatoms. The van der Waals surface area contributed by atoms with Crippen LogP contribution in [0.3, 0.4) is 0 Å². The Morgan fingerprint density at radius 3 is 2.57 bits per heavy atom. The van der Waals surface area contributed by atoms with Gasteiger partial charge in [0.15, 0.2) is 0 Å². The molecule has 1 rings (SSSR count). The van der Waals surface area contributed by atoms with Crippen molar-refractivity contribution in [1.82, 2.24) is 0 Å². The van der Waals surface area contributed by atoms with Gasteiger partial charge in [0.25, 0.3) is 0 Å². The summed E-state index contributed by atoms with van der Waals surface area (Å²) in [4.78, 5) is 0. The van der Waals surface area contributed by atoms with Gasteiger partial charge in [-0.15, -0.1) is 0 Å². The molecule has 0 aliphatic rings. The summed E-state index contributed by atoms with van der Waals surface area (Å²) in [7, 11) is 0. The highest BCUT2D eigenvalue weighted by atomic mass is 35.5. The average Bonchev–Trinajstić information content (AvgIpc) is 2.13. The molecule has 0 heterocycles. The van der Waals surface area contributed by atoms with E-state index in [-0.39, 0.29) is 5.02 Å². The first kappa shape index (κ1) is 11.4. The Hall–Kier alpha value is -0.640. The van der Waals surface area contributed by atoms with Gasteiger partial charge in [0, 0.05) is 6.04 Å². The van der Waals surface area contributed by atoms with Gasteiger partial charge in [-0.25, -0.2) is 4.39 Å². The summed E-state index contributed by atoms with van der Waals surface area (Å²) in [5.74, 6) is -0.482. The minimum absolute atomic E-state index is 0.0437. The Labute approximate surface area is 87.5 Å². The molecule has 0 radical (unpaired) electrons. The number of nitrogens with two attached hydrogens (primary N) is 1. The summed E-state index contributed by atoms with van der Waals surface area (Å²) in [5, 5.41) is 9.73. The van der Waals surface area contributed by atoms with Crippen LogP contribution in [-0.2, 0) is 0 Å². The van der Waals surface area contributed by atoms with E-state index >= 15 is 0 Å². The van der Waals surface area contributed by atoms with E-state index in [9.17, 15) is 9.50 Å². The van der Waals surface area contributed by atoms with Crippen molar-refractivity contribution in [2.24, 2.45) is 5.73 Å². The lowest BCUT2D eigenvalue weighted by atomic mass is 9.99. The number of halogens is 2. The first-order valence-corrected chi connectivity index (χ1v) is 4.71.